The van der Waals surface area contributed by atoms with Crippen molar-refractivity contribution in [2.45, 2.75) is 39.2 Å². The van der Waals surface area contributed by atoms with Gasteiger partial charge in [0.1, 0.15) is 12.4 Å². The molecule has 1 aliphatic rings. The molecule has 2 heteroatoms. The van der Waals surface area contributed by atoms with E-state index in [1.54, 1.807) is 0 Å². The molecule has 1 aromatic rings. The van der Waals surface area contributed by atoms with Crippen LogP contribution in [0.2, 0.25) is 0 Å². The lowest BCUT2D eigenvalue weighted by atomic mass is 9.74. The number of aliphatic hydroxyl groups is 1. The molecule has 1 aliphatic carbocycles. The molecule has 0 amide bonds. The predicted molar refractivity (Wildman–Crippen MR) is 73.6 cm³/mol. The van der Waals surface area contributed by atoms with Gasteiger partial charge in [0.2, 0.25) is 0 Å². The molecule has 0 heterocycles. The number of hydrogen-bond donors (Lipinski definition) is 1. The van der Waals surface area contributed by atoms with Crippen LogP contribution in [0.1, 0.15) is 33.1 Å². The molecule has 0 radical (unpaired) electrons. The van der Waals surface area contributed by atoms with E-state index in [-0.39, 0.29) is 6.10 Å². The highest BCUT2D eigenvalue weighted by atomic mass is 16.5. The summed E-state index contributed by atoms with van der Waals surface area (Å²) in [5.41, 5.74) is 0. The summed E-state index contributed by atoms with van der Waals surface area (Å²) in [6.07, 6.45) is 3.15. The van der Waals surface area contributed by atoms with Gasteiger partial charge in [-0.2, -0.15) is 0 Å². The molecule has 0 bridgehead atoms. The molecule has 1 saturated carbocycles. The molecular weight excluding hydrogens is 224 g/mol. The molecule has 0 aromatic heterocycles. The zero-order chi connectivity index (χ0) is 13.0. The zero-order valence-electron chi connectivity index (χ0n) is 11.4. The molecule has 18 heavy (non-hydrogen) atoms. The van der Waals surface area contributed by atoms with E-state index in [1.807, 2.05) is 30.3 Å². The lowest BCUT2D eigenvalue weighted by Crippen LogP contribution is -2.33. The lowest BCUT2D eigenvalue weighted by Gasteiger charge is -2.34. The highest BCUT2D eigenvalue weighted by Crippen LogP contribution is 2.35. The molecule has 2 rings (SSSR count). The summed E-state index contributed by atoms with van der Waals surface area (Å²) in [6.45, 7) is 5.02. The number of ether oxygens (including phenoxy) is 1. The van der Waals surface area contributed by atoms with E-state index < -0.39 is 0 Å². The Morgan fingerprint density at radius 1 is 1.17 bits per heavy atom. The van der Waals surface area contributed by atoms with E-state index in [0.717, 1.165) is 30.4 Å². The van der Waals surface area contributed by atoms with Crippen LogP contribution in [-0.4, -0.2) is 17.8 Å². The van der Waals surface area contributed by atoms with E-state index in [1.165, 1.54) is 6.42 Å². The maximum Gasteiger partial charge on any atom is 0.119 e. The van der Waals surface area contributed by atoms with Crippen LogP contribution in [0.5, 0.6) is 5.75 Å². The SMILES string of the molecule is CC1CCC(C(O)COc2ccccc2)CC1C. The van der Waals surface area contributed by atoms with Gasteiger partial charge in [-0.1, -0.05) is 38.5 Å². The highest BCUT2D eigenvalue weighted by molar-refractivity contribution is 5.20. The third kappa shape index (κ3) is 3.49. The van der Waals surface area contributed by atoms with Crippen molar-refractivity contribution in [2.75, 3.05) is 6.61 Å². The van der Waals surface area contributed by atoms with Gasteiger partial charge in [-0.05, 0) is 42.7 Å². The Kier molecular flexibility index (Phi) is 4.65. The summed E-state index contributed by atoms with van der Waals surface area (Å²) < 4.78 is 5.63. The van der Waals surface area contributed by atoms with Gasteiger partial charge in [-0.15, -0.1) is 0 Å². The fourth-order valence-electron chi connectivity index (χ4n) is 2.77. The smallest absolute Gasteiger partial charge is 0.119 e. The van der Waals surface area contributed by atoms with E-state index in [0.29, 0.717) is 12.5 Å². The Bertz CT molecular complexity index is 349. The van der Waals surface area contributed by atoms with Gasteiger partial charge < -0.3 is 9.84 Å². The van der Waals surface area contributed by atoms with Crippen LogP contribution in [0.4, 0.5) is 0 Å². The molecule has 4 atom stereocenters. The first-order valence-electron chi connectivity index (χ1n) is 7.02. The minimum atomic E-state index is -0.333. The molecule has 0 spiro atoms. The third-order valence-electron chi connectivity index (χ3n) is 4.35. The van der Waals surface area contributed by atoms with E-state index in [4.69, 9.17) is 4.74 Å². The second-order valence-electron chi connectivity index (χ2n) is 5.72. The molecule has 1 aromatic carbocycles. The summed E-state index contributed by atoms with van der Waals surface area (Å²) in [5.74, 6) is 2.76. The van der Waals surface area contributed by atoms with Crippen molar-refractivity contribution in [2.24, 2.45) is 17.8 Å². The van der Waals surface area contributed by atoms with Crippen LogP contribution in [0.3, 0.4) is 0 Å². The van der Waals surface area contributed by atoms with Gasteiger partial charge in [0.25, 0.3) is 0 Å². The Morgan fingerprint density at radius 2 is 1.89 bits per heavy atom. The maximum atomic E-state index is 10.2. The van der Waals surface area contributed by atoms with E-state index in [9.17, 15) is 5.11 Å². The first-order chi connectivity index (χ1) is 8.66. The number of hydrogen-bond acceptors (Lipinski definition) is 2. The normalized spacial score (nSPS) is 29.8. The molecule has 4 unspecified atom stereocenters. The fraction of sp³-hybridized carbons (Fsp3) is 0.625. The fourth-order valence-corrected chi connectivity index (χ4v) is 2.77. The van der Waals surface area contributed by atoms with Gasteiger partial charge in [0.05, 0.1) is 6.10 Å². The highest BCUT2D eigenvalue weighted by Gasteiger charge is 2.29. The number of aliphatic hydroxyl groups excluding tert-OH is 1. The van der Waals surface area contributed by atoms with Crippen LogP contribution in [-0.2, 0) is 0 Å². The quantitative estimate of drug-likeness (QED) is 0.883. The second kappa shape index (κ2) is 6.24. The van der Waals surface area contributed by atoms with Crippen LogP contribution < -0.4 is 4.74 Å². The summed E-state index contributed by atoms with van der Waals surface area (Å²) in [6, 6.07) is 9.72. The van der Waals surface area contributed by atoms with Gasteiger partial charge in [-0.3, -0.25) is 0 Å². The Balaban J connectivity index is 1.80. The number of benzene rings is 1. The maximum absolute atomic E-state index is 10.2. The van der Waals surface area contributed by atoms with Crippen LogP contribution >= 0.6 is 0 Å². The Labute approximate surface area is 110 Å². The first-order valence-corrected chi connectivity index (χ1v) is 7.02. The van der Waals surface area contributed by atoms with Gasteiger partial charge >= 0.3 is 0 Å². The molecule has 2 nitrogen and oxygen atoms in total. The summed E-state index contributed by atoms with van der Waals surface area (Å²) in [4.78, 5) is 0. The molecule has 0 aliphatic heterocycles. The van der Waals surface area contributed by atoms with Gasteiger partial charge in [-0.25, -0.2) is 0 Å². The lowest BCUT2D eigenvalue weighted by molar-refractivity contribution is 0.0226. The Hall–Kier alpha value is -1.02. The standard InChI is InChI=1S/C16H24O2/c1-12-8-9-14(10-13(12)2)16(17)11-18-15-6-4-3-5-7-15/h3-7,12-14,16-17H,8-11H2,1-2H3. The van der Waals surface area contributed by atoms with Crippen molar-refractivity contribution in [3.05, 3.63) is 30.3 Å². The number of rotatable bonds is 4. The van der Waals surface area contributed by atoms with Crippen molar-refractivity contribution in [1.82, 2.24) is 0 Å². The summed E-state index contributed by atoms with van der Waals surface area (Å²) >= 11 is 0. The molecule has 100 valence electrons. The van der Waals surface area contributed by atoms with Crippen molar-refractivity contribution >= 4 is 0 Å². The topological polar surface area (TPSA) is 29.5 Å². The van der Waals surface area contributed by atoms with Crippen LogP contribution in [0.25, 0.3) is 0 Å². The van der Waals surface area contributed by atoms with Crippen molar-refractivity contribution in [1.29, 1.82) is 0 Å². The van der Waals surface area contributed by atoms with E-state index in [2.05, 4.69) is 13.8 Å². The number of para-hydroxylation sites is 1. The molecular formula is C16H24O2. The van der Waals surface area contributed by atoms with Gasteiger partial charge in [0.15, 0.2) is 0 Å². The zero-order valence-corrected chi connectivity index (χ0v) is 11.4. The monoisotopic (exact) mass is 248 g/mol. The van der Waals surface area contributed by atoms with Crippen molar-refractivity contribution < 1.29 is 9.84 Å². The average molecular weight is 248 g/mol. The molecule has 0 saturated heterocycles. The minimum absolute atomic E-state index is 0.333. The second-order valence-corrected chi connectivity index (χ2v) is 5.72. The largest absolute Gasteiger partial charge is 0.491 e. The van der Waals surface area contributed by atoms with Gasteiger partial charge in [0, 0.05) is 0 Å². The van der Waals surface area contributed by atoms with Crippen LogP contribution in [0.15, 0.2) is 30.3 Å². The van der Waals surface area contributed by atoms with Crippen molar-refractivity contribution in [3.63, 3.8) is 0 Å². The van der Waals surface area contributed by atoms with Crippen molar-refractivity contribution in [3.8, 4) is 5.75 Å². The van der Waals surface area contributed by atoms with E-state index >= 15 is 0 Å². The Morgan fingerprint density at radius 3 is 2.56 bits per heavy atom. The third-order valence-corrected chi connectivity index (χ3v) is 4.35. The predicted octanol–water partition coefficient (Wildman–Crippen LogP) is 3.50. The average Bonchev–Trinajstić information content (AvgIpc) is 2.40. The first kappa shape index (κ1) is 13.4. The summed E-state index contributed by atoms with van der Waals surface area (Å²) in [7, 11) is 0. The van der Waals surface area contributed by atoms with Crippen LogP contribution in [0, 0.1) is 17.8 Å². The molecule has 1 N–H and O–H groups in total. The molecule has 1 fully saturated rings. The summed E-state index contributed by atoms with van der Waals surface area (Å²) in [5, 5.41) is 10.2. The minimum Gasteiger partial charge on any atom is -0.491 e.